The molecule has 0 unspecified atom stereocenters. The number of hydrazine groups is 1. The highest BCUT2D eigenvalue weighted by atomic mass is 15.3. The summed E-state index contributed by atoms with van der Waals surface area (Å²) in [6, 6.07) is 0.584. The lowest BCUT2D eigenvalue weighted by Crippen LogP contribution is -2.46. The number of nitrogens with one attached hydrogen (secondary N) is 2. The smallest absolute Gasteiger partial charge is 0.205 e. The number of guanidine groups is 1. The van der Waals surface area contributed by atoms with Gasteiger partial charge in [-0.15, -0.1) is 0 Å². The SMILES string of the molecule is NNC(=NCC1(C2CC2)CC1)NC1CCCC1. The van der Waals surface area contributed by atoms with Gasteiger partial charge in [0.05, 0.1) is 0 Å². The molecule has 0 aliphatic heterocycles. The third-order valence-electron chi connectivity index (χ3n) is 4.72. The Hall–Kier alpha value is -0.770. The van der Waals surface area contributed by atoms with Crippen LogP contribution in [-0.4, -0.2) is 18.5 Å². The molecule has 3 rings (SSSR count). The summed E-state index contributed by atoms with van der Waals surface area (Å²) in [5.74, 6) is 7.33. The predicted molar refractivity (Wildman–Crippen MR) is 69.4 cm³/mol. The first-order valence-corrected chi connectivity index (χ1v) is 7.10. The van der Waals surface area contributed by atoms with Crippen LogP contribution in [0.2, 0.25) is 0 Å². The second kappa shape index (κ2) is 4.48. The number of aliphatic imine (C=N–C) groups is 1. The van der Waals surface area contributed by atoms with Gasteiger partial charge in [-0.1, -0.05) is 12.8 Å². The molecule has 0 bridgehead atoms. The zero-order valence-corrected chi connectivity index (χ0v) is 10.5. The zero-order valence-electron chi connectivity index (χ0n) is 10.5. The van der Waals surface area contributed by atoms with Crippen LogP contribution in [-0.2, 0) is 0 Å². The minimum atomic E-state index is 0.569. The lowest BCUT2D eigenvalue weighted by molar-refractivity contribution is 0.451. The van der Waals surface area contributed by atoms with Gasteiger partial charge >= 0.3 is 0 Å². The summed E-state index contributed by atoms with van der Waals surface area (Å²) >= 11 is 0. The van der Waals surface area contributed by atoms with Gasteiger partial charge in [0.15, 0.2) is 0 Å². The van der Waals surface area contributed by atoms with E-state index in [-0.39, 0.29) is 0 Å². The van der Waals surface area contributed by atoms with E-state index in [1.807, 2.05) is 0 Å². The third-order valence-corrected chi connectivity index (χ3v) is 4.72. The highest BCUT2D eigenvalue weighted by Crippen LogP contribution is 2.61. The summed E-state index contributed by atoms with van der Waals surface area (Å²) in [6.07, 6.45) is 10.8. The summed E-state index contributed by atoms with van der Waals surface area (Å²) in [5, 5.41) is 3.44. The van der Waals surface area contributed by atoms with Crippen LogP contribution in [0.25, 0.3) is 0 Å². The molecule has 0 aromatic carbocycles. The molecule has 0 amide bonds. The van der Waals surface area contributed by atoms with Crippen molar-refractivity contribution in [2.75, 3.05) is 6.54 Å². The molecule has 17 heavy (non-hydrogen) atoms. The Morgan fingerprint density at radius 2 is 1.88 bits per heavy atom. The number of nitrogens with two attached hydrogens (primary N) is 1. The van der Waals surface area contributed by atoms with Crippen LogP contribution >= 0.6 is 0 Å². The average Bonchev–Trinajstić information content (AvgIpc) is 3.24. The van der Waals surface area contributed by atoms with Gasteiger partial charge in [-0.25, -0.2) is 5.84 Å². The van der Waals surface area contributed by atoms with Crippen molar-refractivity contribution in [3.8, 4) is 0 Å². The van der Waals surface area contributed by atoms with E-state index in [1.165, 1.54) is 51.4 Å². The van der Waals surface area contributed by atoms with Gasteiger partial charge < -0.3 is 5.32 Å². The van der Waals surface area contributed by atoms with E-state index in [9.17, 15) is 0 Å². The molecule has 96 valence electrons. The molecule has 3 fully saturated rings. The molecule has 3 aliphatic rings. The molecule has 0 saturated heterocycles. The number of rotatable bonds is 4. The van der Waals surface area contributed by atoms with Crippen LogP contribution in [0.5, 0.6) is 0 Å². The Morgan fingerprint density at radius 3 is 2.41 bits per heavy atom. The first-order valence-electron chi connectivity index (χ1n) is 7.10. The van der Waals surface area contributed by atoms with Crippen molar-refractivity contribution in [2.24, 2.45) is 22.2 Å². The highest BCUT2D eigenvalue weighted by Gasteiger charge is 2.53. The largest absolute Gasteiger partial charge is 0.353 e. The Bertz CT molecular complexity index is 299. The van der Waals surface area contributed by atoms with E-state index >= 15 is 0 Å². The van der Waals surface area contributed by atoms with E-state index < -0.39 is 0 Å². The normalized spacial score (nSPS) is 28.2. The first kappa shape index (κ1) is 11.3. The molecule has 0 spiro atoms. The maximum absolute atomic E-state index is 5.55. The third kappa shape index (κ3) is 2.57. The molecular weight excluding hydrogens is 212 g/mol. The van der Waals surface area contributed by atoms with Crippen molar-refractivity contribution in [3.05, 3.63) is 0 Å². The van der Waals surface area contributed by atoms with Gasteiger partial charge in [-0.3, -0.25) is 10.4 Å². The molecule has 4 nitrogen and oxygen atoms in total. The summed E-state index contributed by atoms with van der Waals surface area (Å²) in [5.41, 5.74) is 3.30. The van der Waals surface area contributed by atoms with Gasteiger partial charge in [0, 0.05) is 12.6 Å². The topological polar surface area (TPSA) is 62.4 Å². The van der Waals surface area contributed by atoms with Crippen LogP contribution in [0.3, 0.4) is 0 Å². The van der Waals surface area contributed by atoms with Crippen LogP contribution in [0.4, 0.5) is 0 Å². The summed E-state index contributed by atoms with van der Waals surface area (Å²) in [7, 11) is 0. The van der Waals surface area contributed by atoms with E-state index in [0.29, 0.717) is 11.5 Å². The molecule has 3 aliphatic carbocycles. The average molecular weight is 236 g/mol. The summed E-state index contributed by atoms with van der Waals surface area (Å²) in [4.78, 5) is 4.67. The summed E-state index contributed by atoms with van der Waals surface area (Å²) in [6.45, 7) is 0.969. The summed E-state index contributed by atoms with van der Waals surface area (Å²) < 4.78 is 0. The Morgan fingerprint density at radius 1 is 1.18 bits per heavy atom. The molecule has 0 aromatic heterocycles. The first-order chi connectivity index (χ1) is 8.32. The lowest BCUT2D eigenvalue weighted by Gasteiger charge is -2.17. The molecule has 4 N–H and O–H groups in total. The second-order valence-corrected chi connectivity index (χ2v) is 6.07. The Kier molecular flexibility index (Phi) is 2.99. The van der Waals surface area contributed by atoms with Crippen molar-refractivity contribution in [1.29, 1.82) is 0 Å². The zero-order chi connectivity index (χ0) is 11.7. The lowest BCUT2D eigenvalue weighted by atomic mass is 10.0. The van der Waals surface area contributed by atoms with E-state index in [4.69, 9.17) is 5.84 Å². The van der Waals surface area contributed by atoms with Crippen LogP contribution in [0, 0.1) is 11.3 Å². The standard InChI is InChI=1S/C13H24N4/c14-17-12(16-11-3-1-2-4-11)15-9-13(7-8-13)10-5-6-10/h10-11H,1-9,14H2,(H2,15,16,17). The van der Waals surface area contributed by atoms with E-state index in [0.717, 1.165) is 18.4 Å². The molecule has 3 saturated carbocycles. The quantitative estimate of drug-likeness (QED) is 0.300. The van der Waals surface area contributed by atoms with E-state index in [2.05, 4.69) is 15.7 Å². The van der Waals surface area contributed by atoms with Gasteiger partial charge in [-0.05, 0) is 49.9 Å². The fourth-order valence-corrected chi connectivity index (χ4v) is 3.18. The number of hydrogen-bond acceptors (Lipinski definition) is 2. The van der Waals surface area contributed by atoms with Gasteiger partial charge in [0.2, 0.25) is 5.96 Å². The van der Waals surface area contributed by atoms with Crippen molar-refractivity contribution in [3.63, 3.8) is 0 Å². The maximum atomic E-state index is 5.55. The fourth-order valence-electron chi connectivity index (χ4n) is 3.18. The maximum Gasteiger partial charge on any atom is 0.205 e. The van der Waals surface area contributed by atoms with E-state index in [1.54, 1.807) is 0 Å². The molecule has 0 radical (unpaired) electrons. The van der Waals surface area contributed by atoms with Gasteiger partial charge in [-0.2, -0.15) is 0 Å². The van der Waals surface area contributed by atoms with Crippen LogP contribution in [0.1, 0.15) is 51.4 Å². The molecular formula is C13H24N4. The minimum Gasteiger partial charge on any atom is -0.353 e. The van der Waals surface area contributed by atoms with Crippen molar-refractivity contribution in [2.45, 2.75) is 57.4 Å². The van der Waals surface area contributed by atoms with Crippen LogP contribution < -0.4 is 16.6 Å². The predicted octanol–water partition coefficient (Wildman–Crippen LogP) is 1.53. The van der Waals surface area contributed by atoms with Gasteiger partial charge in [0.1, 0.15) is 0 Å². The molecule has 0 heterocycles. The highest BCUT2D eigenvalue weighted by molar-refractivity contribution is 5.79. The second-order valence-electron chi connectivity index (χ2n) is 6.07. The van der Waals surface area contributed by atoms with Crippen LogP contribution in [0.15, 0.2) is 4.99 Å². The minimum absolute atomic E-state index is 0.569. The number of hydrogen-bond donors (Lipinski definition) is 3. The number of nitrogens with zero attached hydrogens (tertiary/aromatic N) is 1. The monoisotopic (exact) mass is 236 g/mol. The van der Waals surface area contributed by atoms with Crippen molar-refractivity contribution < 1.29 is 0 Å². The molecule has 0 atom stereocenters. The Labute approximate surface area is 103 Å². The van der Waals surface area contributed by atoms with Crippen molar-refractivity contribution >= 4 is 5.96 Å². The molecule has 4 heteroatoms. The van der Waals surface area contributed by atoms with Gasteiger partial charge in [0.25, 0.3) is 0 Å². The Balaban J connectivity index is 1.52. The molecule has 0 aromatic rings. The fraction of sp³-hybridized carbons (Fsp3) is 0.923. The van der Waals surface area contributed by atoms with Crippen molar-refractivity contribution in [1.82, 2.24) is 10.7 Å².